The van der Waals surface area contributed by atoms with Gasteiger partial charge in [0.25, 0.3) is 0 Å². The Morgan fingerprint density at radius 1 is 1.07 bits per heavy atom. The zero-order chi connectivity index (χ0) is 20.3. The molecule has 0 bridgehead atoms. The first kappa shape index (κ1) is 20.8. The number of hydrogen-bond acceptors (Lipinski definition) is 4. The van der Waals surface area contributed by atoms with Crippen molar-refractivity contribution < 1.29 is 20.1 Å². The largest absolute Gasteiger partial charge is 0.393 e. The van der Waals surface area contributed by atoms with E-state index >= 15 is 0 Å². The van der Waals surface area contributed by atoms with Crippen LogP contribution in [0.15, 0.2) is 42.5 Å². The molecular weight excluding hydrogens is 354 g/mol. The quantitative estimate of drug-likeness (QED) is 0.589. The maximum atomic E-state index is 12.5. The van der Waals surface area contributed by atoms with E-state index in [1.807, 2.05) is 50.2 Å². The summed E-state index contributed by atoms with van der Waals surface area (Å²) in [5, 5.41) is 36.1. The van der Waals surface area contributed by atoms with E-state index in [9.17, 15) is 20.1 Å². The number of benzene rings is 2. The second kappa shape index (κ2) is 9.03. The van der Waals surface area contributed by atoms with E-state index in [0.717, 1.165) is 16.3 Å². The van der Waals surface area contributed by atoms with Gasteiger partial charge in [0.15, 0.2) is 0 Å². The molecule has 1 aliphatic rings. The van der Waals surface area contributed by atoms with Crippen molar-refractivity contribution >= 4 is 16.7 Å². The van der Waals surface area contributed by atoms with E-state index in [0.29, 0.717) is 25.7 Å². The van der Waals surface area contributed by atoms with Crippen molar-refractivity contribution in [3.05, 3.63) is 48.0 Å². The molecule has 5 heteroatoms. The lowest BCUT2D eigenvalue weighted by molar-refractivity contribution is -0.131. The van der Waals surface area contributed by atoms with E-state index in [1.165, 1.54) is 0 Å². The summed E-state index contributed by atoms with van der Waals surface area (Å²) in [6.45, 7) is 3.90. The number of aliphatic hydroxyl groups is 3. The molecule has 0 aromatic heterocycles. The van der Waals surface area contributed by atoms with Crippen LogP contribution >= 0.6 is 0 Å². The predicted octanol–water partition coefficient (Wildman–Crippen LogP) is 2.41. The summed E-state index contributed by atoms with van der Waals surface area (Å²) in [4.78, 5) is 12.5. The molecule has 2 aromatic carbocycles. The van der Waals surface area contributed by atoms with Crippen molar-refractivity contribution in [3.8, 4) is 0 Å². The highest BCUT2D eigenvalue weighted by Crippen LogP contribution is 2.31. The molecule has 0 spiro atoms. The van der Waals surface area contributed by atoms with Crippen LogP contribution in [0, 0.1) is 11.8 Å². The topological polar surface area (TPSA) is 89.8 Å². The molecule has 3 rings (SSSR count). The fourth-order valence-electron chi connectivity index (χ4n) is 4.25. The van der Waals surface area contributed by atoms with Gasteiger partial charge in [-0.2, -0.15) is 0 Å². The number of hydrogen-bond donors (Lipinski definition) is 4. The summed E-state index contributed by atoms with van der Waals surface area (Å²) in [7, 11) is 0. The number of rotatable bonds is 7. The van der Waals surface area contributed by atoms with Gasteiger partial charge in [0.1, 0.15) is 6.10 Å². The SMILES string of the molecule is CC(C)CC(O)C(=O)N[C@@H](Cc1ccc2ccccc2c1)C1[C@@H](O)CC[C@@H]1O. The molecule has 1 saturated carbocycles. The first-order chi connectivity index (χ1) is 13.3. The minimum Gasteiger partial charge on any atom is -0.393 e. The van der Waals surface area contributed by atoms with Gasteiger partial charge in [0.05, 0.1) is 12.2 Å². The average molecular weight is 386 g/mol. The van der Waals surface area contributed by atoms with Crippen LogP contribution in [-0.4, -0.2) is 45.6 Å². The molecule has 1 unspecified atom stereocenters. The molecule has 0 heterocycles. The highest BCUT2D eigenvalue weighted by atomic mass is 16.3. The summed E-state index contributed by atoms with van der Waals surface area (Å²) >= 11 is 0. The maximum absolute atomic E-state index is 12.5. The van der Waals surface area contributed by atoms with E-state index < -0.39 is 36.2 Å². The van der Waals surface area contributed by atoms with Crippen LogP contribution in [-0.2, 0) is 11.2 Å². The second-order valence-corrected chi connectivity index (χ2v) is 8.44. The van der Waals surface area contributed by atoms with Crippen LogP contribution < -0.4 is 5.32 Å². The Labute approximate surface area is 166 Å². The molecule has 4 N–H and O–H groups in total. The molecule has 0 radical (unpaired) electrons. The molecule has 5 nitrogen and oxygen atoms in total. The van der Waals surface area contributed by atoms with E-state index in [2.05, 4.69) is 11.4 Å². The average Bonchev–Trinajstić information content (AvgIpc) is 2.98. The van der Waals surface area contributed by atoms with Crippen LogP contribution in [0.3, 0.4) is 0 Å². The summed E-state index contributed by atoms with van der Waals surface area (Å²) in [5.41, 5.74) is 1.02. The Kier molecular flexibility index (Phi) is 6.70. The van der Waals surface area contributed by atoms with Gasteiger partial charge in [0.2, 0.25) is 5.91 Å². The normalized spacial score (nSPS) is 22.5. The van der Waals surface area contributed by atoms with E-state index in [-0.39, 0.29) is 5.92 Å². The summed E-state index contributed by atoms with van der Waals surface area (Å²) < 4.78 is 0. The monoisotopic (exact) mass is 385 g/mol. The molecular formula is C23H31NO4. The smallest absolute Gasteiger partial charge is 0.249 e. The van der Waals surface area contributed by atoms with Gasteiger partial charge >= 0.3 is 0 Å². The van der Waals surface area contributed by atoms with Crippen LogP contribution in [0.5, 0.6) is 0 Å². The Morgan fingerprint density at radius 3 is 2.36 bits per heavy atom. The lowest BCUT2D eigenvalue weighted by atomic mass is 9.88. The third kappa shape index (κ3) is 4.90. The molecule has 1 aliphatic carbocycles. The minimum absolute atomic E-state index is 0.197. The molecule has 152 valence electrons. The Balaban J connectivity index is 1.81. The highest BCUT2D eigenvalue weighted by molar-refractivity contribution is 5.83. The molecule has 1 amide bonds. The lowest BCUT2D eigenvalue weighted by Crippen LogP contribution is -2.50. The zero-order valence-corrected chi connectivity index (χ0v) is 16.6. The van der Waals surface area contributed by atoms with E-state index in [4.69, 9.17) is 0 Å². The van der Waals surface area contributed by atoms with Crippen molar-refractivity contribution in [2.75, 3.05) is 0 Å². The van der Waals surface area contributed by atoms with Crippen molar-refractivity contribution in [3.63, 3.8) is 0 Å². The molecule has 2 aromatic rings. The fraction of sp³-hybridized carbons (Fsp3) is 0.522. The van der Waals surface area contributed by atoms with Crippen molar-refractivity contribution in [2.24, 2.45) is 11.8 Å². The Hall–Kier alpha value is -1.95. The summed E-state index contributed by atoms with van der Waals surface area (Å²) in [6, 6.07) is 13.8. The predicted molar refractivity (Wildman–Crippen MR) is 110 cm³/mol. The van der Waals surface area contributed by atoms with Gasteiger partial charge in [-0.25, -0.2) is 0 Å². The molecule has 1 fully saturated rings. The first-order valence-corrected chi connectivity index (χ1v) is 10.2. The first-order valence-electron chi connectivity index (χ1n) is 10.2. The Bertz CT molecular complexity index is 796. The maximum Gasteiger partial charge on any atom is 0.249 e. The molecule has 0 aliphatic heterocycles. The van der Waals surface area contributed by atoms with Gasteiger partial charge in [0, 0.05) is 12.0 Å². The van der Waals surface area contributed by atoms with E-state index in [1.54, 1.807) is 0 Å². The zero-order valence-electron chi connectivity index (χ0n) is 16.6. The van der Waals surface area contributed by atoms with Gasteiger partial charge < -0.3 is 20.6 Å². The van der Waals surface area contributed by atoms with Crippen LogP contribution in [0.2, 0.25) is 0 Å². The fourth-order valence-corrected chi connectivity index (χ4v) is 4.25. The van der Waals surface area contributed by atoms with Gasteiger partial charge in [-0.15, -0.1) is 0 Å². The van der Waals surface area contributed by atoms with Crippen LogP contribution in [0.4, 0.5) is 0 Å². The third-order valence-corrected chi connectivity index (χ3v) is 5.71. The minimum atomic E-state index is -1.09. The molecule has 28 heavy (non-hydrogen) atoms. The summed E-state index contributed by atoms with van der Waals surface area (Å²) in [6.07, 6.45) is -0.510. The van der Waals surface area contributed by atoms with Crippen molar-refractivity contribution in [1.82, 2.24) is 5.32 Å². The standard InChI is InChI=1S/C23H31NO4/c1-14(2)11-21(27)23(28)24-18(22-19(25)9-10-20(22)26)13-15-7-8-16-5-3-4-6-17(16)12-15/h3-8,12,14,18-22,25-27H,9-11,13H2,1-2H3,(H,24,28)/t18-,19-,20-,21?/m0/s1. The Morgan fingerprint density at radius 2 is 1.71 bits per heavy atom. The lowest BCUT2D eigenvalue weighted by Gasteiger charge is -2.30. The van der Waals surface area contributed by atoms with Crippen LogP contribution in [0.25, 0.3) is 10.8 Å². The van der Waals surface area contributed by atoms with Crippen LogP contribution in [0.1, 0.15) is 38.7 Å². The van der Waals surface area contributed by atoms with Gasteiger partial charge in [-0.1, -0.05) is 56.3 Å². The number of aliphatic hydroxyl groups excluding tert-OH is 3. The number of fused-ring (bicyclic) bond motifs is 1. The number of nitrogens with one attached hydrogen (secondary N) is 1. The van der Waals surface area contributed by atoms with Gasteiger partial charge in [-0.3, -0.25) is 4.79 Å². The number of amides is 1. The highest BCUT2D eigenvalue weighted by Gasteiger charge is 2.40. The van der Waals surface area contributed by atoms with Crippen molar-refractivity contribution in [1.29, 1.82) is 0 Å². The summed E-state index contributed by atoms with van der Waals surface area (Å²) in [5.74, 6) is -0.685. The second-order valence-electron chi connectivity index (χ2n) is 8.44. The molecule has 4 atom stereocenters. The third-order valence-electron chi connectivity index (χ3n) is 5.71. The molecule has 0 saturated heterocycles. The number of carbonyl (C=O) groups excluding carboxylic acids is 1. The number of carbonyl (C=O) groups is 1. The van der Waals surface area contributed by atoms with Gasteiger partial charge in [-0.05, 0) is 47.9 Å². The van der Waals surface area contributed by atoms with Crippen molar-refractivity contribution in [2.45, 2.75) is 63.9 Å².